The minimum absolute atomic E-state index is 0.146. The van der Waals surface area contributed by atoms with E-state index in [1.165, 1.54) is 0 Å². The highest BCUT2D eigenvalue weighted by molar-refractivity contribution is 5.98. The van der Waals surface area contributed by atoms with Crippen LogP contribution in [0.2, 0.25) is 0 Å². The quantitative estimate of drug-likeness (QED) is 0.302. The Bertz CT molecular complexity index is 779. The molecule has 1 unspecified atom stereocenters. The van der Waals surface area contributed by atoms with Crippen molar-refractivity contribution in [2.24, 2.45) is 11.8 Å². The molecular formula is C27H41NO5. The van der Waals surface area contributed by atoms with Gasteiger partial charge in [-0.1, -0.05) is 50.3 Å². The zero-order valence-electron chi connectivity index (χ0n) is 21.3. The Labute approximate surface area is 199 Å². The van der Waals surface area contributed by atoms with Crippen LogP contribution in [0.5, 0.6) is 0 Å². The minimum atomic E-state index is -1.13. The summed E-state index contributed by atoms with van der Waals surface area (Å²) in [5.74, 6) is -1.25. The van der Waals surface area contributed by atoms with Crippen LogP contribution in [0.1, 0.15) is 73.3 Å². The number of hydrogen-bond acceptors (Lipinski definition) is 5. The van der Waals surface area contributed by atoms with E-state index < -0.39 is 41.6 Å². The molecule has 0 heterocycles. The van der Waals surface area contributed by atoms with E-state index in [9.17, 15) is 14.4 Å². The summed E-state index contributed by atoms with van der Waals surface area (Å²) in [6, 6.07) is 8.16. The fourth-order valence-electron chi connectivity index (χ4n) is 3.54. The highest BCUT2D eigenvalue weighted by Crippen LogP contribution is 2.25. The summed E-state index contributed by atoms with van der Waals surface area (Å²) in [4.78, 5) is 41.4. The predicted octanol–water partition coefficient (Wildman–Crippen LogP) is 5.94. The molecule has 0 aliphatic carbocycles. The molecule has 33 heavy (non-hydrogen) atoms. The van der Waals surface area contributed by atoms with Crippen LogP contribution in [-0.4, -0.2) is 40.6 Å². The Kier molecular flexibility index (Phi) is 11.3. The third kappa shape index (κ3) is 10.2. The third-order valence-electron chi connectivity index (χ3n) is 4.86. The fourth-order valence-corrected chi connectivity index (χ4v) is 3.54. The topological polar surface area (TPSA) is 72.9 Å². The highest BCUT2D eigenvalue weighted by Gasteiger charge is 2.41. The lowest BCUT2D eigenvalue weighted by atomic mass is 9.90. The molecule has 0 bridgehead atoms. The lowest BCUT2D eigenvalue weighted by Gasteiger charge is -2.34. The van der Waals surface area contributed by atoms with Gasteiger partial charge in [0.15, 0.2) is 0 Å². The van der Waals surface area contributed by atoms with E-state index in [1.807, 2.05) is 44.2 Å². The first-order valence-electron chi connectivity index (χ1n) is 11.8. The summed E-state index contributed by atoms with van der Waals surface area (Å²) in [7, 11) is 0. The SMILES string of the molecule is C=CCCC(CC(C)C)C(=O)N(C(=O)OC(C)(C)C)[C@@H](Cc1ccccc1)C(=O)OC(C)C. The van der Waals surface area contributed by atoms with Crippen LogP contribution in [0.4, 0.5) is 4.79 Å². The van der Waals surface area contributed by atoms with Crippen LogP contribution >= 0.6 is 0 Å². The van der Waals surface area contributed by atoms with Gasteiger partial charge in [-0.2, -0.15) is 0 Å². The van der Waals surface area contributed by atoms with Crippen LogP contribution < -0.4 is 0 Å². The van der Waals surface area contributed by atoms with Crippen molar-refractivity contribution in [3.8, 4) is 0 Å². The van der Waals surface area contributed by atoms with Crippen LogP contribution in [0.15, 0.2) is 43.0 Å². The Balaban J connectivity index is 3.49. The molecule has 0 aromatic heterocycles. The maximum Gasteiger partial charge on any atom is 0.417 e. The second kappa shape index (κ2) is 13.2. The van der Waals surface area contributed by atoms with Gasteiger partial charge in [0.1, 0.15) is 11.6 Å². The Morgan fingerprint density at radius 3 is 2.15 bits per heavy atom. The number of rotatable bonds is 11. The average Bonchev–Trinajstić information content (AvgIpc) is 2.69. The van der Waals surface area contributed by atoms with Gasteiger partial charge in [0.25, 0.3) is 0 Å². The molecule has 0 spiro atoms. The second-order valence-electron chi connectivity index (χ2n) is 10.1. The maximum absolute atomic E-state index is 13.8. The summed E-state index contributed by atoms with van der Waals surface area (Å²) in [5, 5.41) is 0. The number of carbonyl (C=O) groups is 3. The number of esters is 1. The molecule has 1 aromatic rings. The number of ether oxygens (including phenoxy) is 2. The first-order valence-corrected chi connectivity index (χ1v) is 11.8. The van der Waals surface area contributed by atoms with Gasteiger partial charge in [-0.25, -0.2) is 14.5 Å². The van der Waals surface area contributed by atoms with Gasteiger partial charge in [0.2, 0.25) is 5.91 Å². The predicted molar refractivity (Wildman–Crippen MR) is 131 cm³/mol. The zero-order valence-corrected chi connectivity index (χ0v) is 21.3. The van der Waals surface area contributed by atoms with Crippen molar-refractivity contribution < 1.29 is 23.9 Å². The number of allylic oxidation sites excluding steroid dienone is 1. The lowest BCUT2D eigenvalue weighted by molar-refractivity contribution is -0.159. The molecule has 6 heteroatoms. The van der Waals surface area contributed by atoms with Gasteiger partial charge in [0.05, 0.1) is 6.10 Å². The summed E-state index contributed by atoms with van der Waals surface area (Å²) >= 11 is 0. The summed E-state index contributed by atoms with van der Waals surface area (Å²) < 4.78 is 11.1. The monoisotopic (exact) mass is 459 g/mol. The van der Waals surface area contributed by atoms with Crippen molar-refractivity contribution in [2.45, 2.75) is 91.9 Å². The zero-order chi connectivity index (χ0) is 25.2. The molecule has 0 saturated heterocycles. The molecule has 0 saturated carbocycles. The van der Waals surface area contributed by atoms with Crippen molar-refractivity contribution in [3.63, 3.8) is 0 Å². The van der Waals surface area contributed by atoms with Crippen LogP contribution in [0, 0.1) is 11.8 Å². The molecule has 2 amide bonds. The highest BCUT2D eigenvalue weighted by atomic mass is 16.6. The number of benzene rings is 1. The van der Waals surface area contributed by atoms with Crippen molar-refractivity contribution >= 4 is 18.0 Å². The van der Waals surface area contributed by atoms with Gasteiger partial charge < -0.3 is 9.47 Å². The van der Waals surface area contributed by atoms with Gasteiger partial charge in [-0.3, -0.25) is 4.79 Å². The van der Waals surface area contributed by atoms with Gasteiger partial charge >= 0.3 is 12.1 Å². The molecule has 184 valence electrons. The van der Waals surface area contributed by atoms with Crippen molar-refractivity contribution in [3.05, 3.63) is 48.6 Å². The molecule has 1 aromatic carbocycles. The molecule has 0 radical (unpaired) electrons. The van der Waals surface area contributed by atoms with Crippen LogP contribution in [0.3, 0.4) is 0 Å². The number of hydrogen-bond donors (Lipinski definition) is 0. The Morgan fingerprint density at radius 2 is 1.67 bits per heavy atom. The third-order valence-corrected chi connectivity index (χ3v) is 4.86. The molecule has 0 N–H and O–H groups in total. The molecule has 6 nitrogen and oxygen atoms in total. The largest absolute Gasteiger partial charge is 0.461 e. The van der Waals surface area contributed by atoms with Crippen molar-refractivity contribution in [2.75, 3.05) is 0 Å². The standard InChI is InChI=1S/C27H41NO5/c1-9-10-16-22(17-19(2)3)24(29)28(26(31)33-27(6,7)8)23(25(30)32-20(4)5)18-21-14-12-11-13-15-21/h9,11-15,19-20,22-23H,1,10,16-18H2,2-8H3/t22?,23-/m0/s1. The van der Waals surface area contributed by atoms with E-state index in [2.05, 4.69) is 6.58 Å². The molecule has 0 aliphatic heterocycles. The fraction of sp³-hybridized carbons (Fsp3) is 0.593. The van der Waals surface area contributed by atoms with Gasteiger partial charge in [0, 0.05) is 12.3 Å². The second-order valence-corrected chi connectivity index (χ2v) is 10.1. The minimum Gasteiger partial charge on any atom is -0.461 e. The van der Waals surface area contributed by atoms with Crippen LogP contribution in [-0.2, 0) is 25.5 Å². The molecule has 0 aliphatic rings. The Morgan fingerprint density at radius 1 is 1.06 bits per heavy atom. The van der Waals surface area contributed by atoms with E-state index in [4.69, 9.17) is 9.47 Å². The number of carbonyl (C=O) groups excluding carboxylic acids is 3. The summed E-state index contributed by atoms with van der Waals surface area (Å²) in [6.45, 7) is 16.5. The number of imide groups is 1. The van der Waals surface area contributed by atoms with Gasteiger partial charge in [-0.15, -0.1) is 6.58 Å². The first-order chi connectivity index (χ1) is 15.4. The van der Waals surface area contributed by atoms with E-state index in [1.54, 1.807) is 40.7 Å². The van der Waals surface area contributed by atoms with E-state index >= 15 is 0 Å². The van der Waals surface area contributed by atoms with E-state index in [0.717, 1.165) is 10.5 Å². The van der Waals surface area contributed by atoms with E-state index in [-0.39, 0.29) is 12.3 Å². The van der Waals surface area contributed by atoms with Crippen molar-refractivity contribution in [1.82, 2.24) is 4.90 Å². The van der Waals surface area contributed by atoms with Crippen LogP contribution in [0.25, 0.3) is 0 Å². The number of amides is 2. The average molecular weight is 460 g/mol. The lowest BCUT2D eigenvalue weighted by Crippen LogP contribution is -2.54. The molecule has 1 rings (SSSR count). The van der Waals surface area contributed by atoms with Crippen molar-refractivity contribution in [1.29, 1.82) is 0 Å². The number of nitrogens with zero attached hydrogens (tertiary/aromatic N) is 1. The molecule has 2 atom stereocenters. The molecule has 0 fully saturated rings. The maximum atomic E-state index is 13.8. The van der Waals surface area contributed by atoms with E-state index in [0.29, 0.717) is 19.3 Å². The molecular weight excluding hydrogens is 418 g/mol. The summed E-state index contributed by atoms with van der Waals surface area (Å²) in [5.41, 5.74) is -0.0140. The summed E-state index contributed by atoms with van der Waals surface area (Å²) in [6.07, 6.45) is 2.44. The van der Waals surface area contributed by atoms with Gasteiger partial charge in [-0.05, 0) is 65.4 Å². The smallest absolute Gasteiger partial charge is 0.417 e. The Hall–Kier alpha value is -2.63. The first kappa shape index (κ1) is 28.4. The normalized spacial score (nSPS) is 13.4.